The lowest BCUT2D eigenvalue weighted by Gasteiger charge is -2.42. The first kappa shape index (κ1) is 15.4. The van der Waals surface area contributed by atoms with Crippen molar-refractivity contribution in [1.82, 2.24) is 9.80 Å². The summed E-state index contributed by atoms with van der Waals surface area (Å²) in [7, 11) is 4.06. The number of urea groups is 1. The minimum Gasteiger partial charge on any atom is -0.457 e. The summed E-state index contributed by atoms with van der Waals surface area (Å²) in [4.78, 5) is 16.1. The highest BCUT2D eigenvalue weighted by molar-refractivity contribution is 5.90. The summed E-state index contributed by atoms with van der Waals surface area (Å²) < 4.78 is 5.78. The summed E-state index contributed by atoms with van der Waals surface area (Å²) in [6, 6.07) is 17.4. The lowest BCUT2D eigenvalue weighted by molar-refractivity contribution is 0.0942. The minimum absolute atomic E-state index is 0.0695. The number of carbonyl (C=O) groups is 1. The molecule has 1 saturated heterocycles. The average molecular weight is 311 g/mol. The van der Waals surface area contributed by atoms with Crippen molar-refractivity contribution in [2.24, 2.45) is 0 Å². The fourth-order valence-electron chi connectivity index (χ4n) is 2.41. The molecule has 3 rings (SSSR count). The van der Waals surface area contributed by atoms with Gasteiger partial charge in [0.05, 0.1) is 0 Å². The summed E-state index contributed by atoms with van der Waals surface area (Å²) in [5.41, 5.74) is 0.733. The third kappa shape index (κ3) is 3.81. The van der Waals surface area contributed by atoms with Gasteiger partial charge < -0.3 is 19.9 Å². The molecule has 0 aliphatic carbocycles. The van der Waals surface area contributed by atoms with Crippen LogP contribution in [0.25, 0.3) is 0 Å². The number of nitrogens with one attached hydrogen (secondary N) is 1. The van der Waals surface area contributed by atoms with E-state index in [-0.39, 0.29) is 6.03 Å². The van der Waals surface area contributed by atoms with Crippen molar-refractivity contribution >= 4 is 11.7 Å². The number of hydrogen-bond donors (Lipinski definition) is 1. The predicted octanol–water partition coefficient (Wildman–Crippen LogP) is 3.26. The quantitative estimate of drug-likeness (QED) is 0.942. The number of likely N-dealkylation sites (N-methyl/N-ethyl adjacent to an activating group) is 1. The summed E-state index contributed by atoms with van der Waals surface area (Å²) >= 11 is 0. The first-order valence-electron chi connectivity index (χ1n) is 7.67. The Morgan fingerprint density at radius 3 is 2.48 bits per heavy atom. The van der Waals surface area contributed by atoms with Gasteiger partial charge in [0.25, 0.3) is 0 Å². The van der Waals surface area contributed by atoms with Crippen LogP contribution in [0.15, 0.2) is 54.6 Å². The highest BCUT2D eigenvalue weighted by atomic mass is 16.5. The largest absolute Gasteiger partial charge is 0.457 e. The van der Waals surface area contributed by atoms with Crippen molar-refractivity contribution < 1.29 is 9.53 Å². The fraction of sp³-hybridized carbons (Fsp3) is 0.278. The molecule has 1 fully saturated rings. The number of rotatable bonds is 4. The van der Waals surface area contributed by atoms with Gasteiger partial charge in [0.2, 0.25) is 0 Å². The molecular formula is C18H21N3O2. The molecule has 0 aromatic heterocycles. The second-order valence-corrected chi connectivity index (χ2v) is 5.90. The van der Waals surface area contributed by atoms with Crippen LogP contribution in [0.2, 0.25) is 0 Å². The molecule has 0 unspecified atom stereocenters. The number of anilines is 1. The van der Waals surface area contributed by atoms with Crippen molar-refractivity contribution in [2.45, 2.75) is 6.04 Å². The molecule has 1 N–H and O–H groups in total. The van der Waals surface area contributed by atoms with E-state index >= 15 is 0 Å². The van der Waals surface area contributed by atoms with Crippen LogP contribution in [-0.2, 0) is 0 Å². The van der Waals surface area contributed by atoms with Crippen molar-refractivity contribution in [3.63, 3.8) is 0 Å². The topological polar surface area (TPSA) is 44.8 Å². The van der Waals surface area contributed by atoms with Crippen molar-refractivity contribution in [3.8, 4) is 11.5 Å². The number of likely N-dealkylation sites (tertiary alicyclic amines) is 1. The summed E-state index contributed by atoms with van der Waals surface area (Å²) in [6.45, 7) is 1.53. The number of ether oxygens (including phenoxy) is 1. The van der Waals surface area contributed by atoms with Gasteiger partial charge in [-0.05, 0) is 38.4 Å². The van der Waals surface area contributed by atoms with E-state index in [0.29, 0.717) is 11.8 Å². The molecule has 2 aromatic rings. The first-order valence-corrected chi connectivity index (χ1v) is 7.67. The van der Waals surface area contributed by atoms with E-state index < -0.39 is 0 Å². The van der Waals surface area contributed by atoms with Gasteiger partial charge in [0.1, 0.15) is 11.5 Å². The molecular weight excluding hydrogens is 290 g/mol. The van der Waals surface area contributed by atoms with E-state index in [2.05, 4.69) is 10.2 Å². The van der Waals surface area contributed by atoms with Crippen LogP contribution in [0, 0.1) is 0 Å². The van der Waals surface area contributed by atoms with Gasteiger partial charge in [-0.25, -0.2) is 4.79 Å². The summed E-state index contributed by atoms with van der Waals surface area (Å²) in [5, 5.41) is 2.92. The van der Waals surface area contributed by atoms with Crippen LogP contribution in [0.5, 0.6) is 11.5 Å². The van der Waals surface area contributed by atoms with Gasteiger partial charge in [0, 0.05) is 30.9 Å². The highest BCUT2D eigenvalue weighted by Gasteiger charge is 2.31. The van der Waals surface area contributed by atoms with E-state index in [1.165, 1.54) is 0 Å². The Labute approximate surface area is 136 Å². The SMILES string of the molecule is CN(C)C1CN(C(=O)Nc2cccc(Oc3ccccc3)c2)C1. The second-order valence-electron chi connectivity index (χ2n) is 5.90. The number of amides is 2. The van der Waals surface area contributed by atoms with Crippen LogP contribution >= 0.6 is 0 Å². The van der Waals surface area contributed by atoms with Gasteiger partial charge in [-0.3, -0.25) is 0 Å². The third-order valence-corrected chi connectivity index (χ3v) is 3.94. The van der Waals surface area contributed by atoms with Gasteiger partial charge in [-0.15, -0.1) is 0 Å². The van der Waals surface area contributed by atoms with Crippen molar-refractivity contribution in [3.05, 3.63) is 54.6 Å². The van der Waals surface area contributed by atoms with Crippen LogP contribution in [0.4, 0.5) is 10.5 Å². The van der Waals surface area contributed by atoms with Gasteiger partial charge >= 0.3 is 6.03 Å². The standard InChI is InChI=1S/C18H21N3O2/c1-20(2)15-12-21(13-15)18(22)19-14-7-6-10-17(11-14)23-16-8-4-3-5-9-16/h3-11,15H,12-13H2,1-2H3,(H,19,22). The van der Waals surface area contributed by atoms with Crippen LogP contribution in [0.3, 0.4) is 0 Å². The van der Waals surface area contributed by atoms with Gasteiger partial charge in [-0.1, -0.05) is 24.3 Å². The Morgan fingerprint density at radius 2 is 1.78 bits per heavy atom. The molecule has 5 heteroatoms. The number of carbonyl (C=O) groups excluding carboxylic acids is 1. The van der Waals surface area contributed by atoms with E-state index in [9.17, 15) is 4.79 Å². The Morgan fingerprint density at radius 1 is 1.09 bits per heavy atom. The lowest BCUT2D eigenvalue weighted by atomic mass is 10.1. The van der Waals surface area contributed by atoms with Crippen LogP contribution < -0.4 is 10.1 Å². The number of hydrogen-bond acceptors (Lipinski definition) is 3. The molecule has 23 heavy (non-hydrogen) atoms. The smallest absolute Gasteiger partial charge is 0.321 e. The number of para-hydroxylation sites is 1. The first-order chi connectivity index (χ1) is 11.1. The molecule has 0 atom stereocenters. The maximum atomic E-state index is 12.2. The predicted molar refractivity (Wildman–Crippen MR) is 91.0 cm³/mol. The Balaban J connectivity index is 1.59. The highest BCUT2D eigenvalue weighted by Crippen LogP contribution is 2.24. The maximum Gasteiger partial charge on any atom is 0.321 e. The van der Waals surface area contributed by atoms with Crippen LogP contribution in [0.1, 0.15) is 0 Å². The molecule has 0 saturated carbocycles. The normalized spacial score (nSPS) is 14.5. The Bertz CT molecular complexity index is 667. The molecule has 2 amide bonds. The summed E-state index contributed by atoms with van der Waals surface area (Å²) in [5.74, 6) is 1.47. The Kier molecular flexibility index (Phi) is 4.48. The second kappa shape index (κ2) is 6.71. The van der Waals surface area contributed by atoms with Crippen molar-refractivity contribution in [1.29, 1.82) is 0 Å². The average Bonchev–Trinajstić information content (AvgIpc) is 2.46. The third-order valence-electron chi connectivity index (χ3n) is 3.94. The molecule has 5 nitrogen and oxygen atoms in total. The zero-order chi connectivity index (χ0) is 16.2. The zero-order valence-corrected chi connectivity index (χ0v) is 13.4. The molecule has 0 spiro atoms. The van der Waals surface area contributed by atoms with E-state index in [0.717, 1.165) is 24.5 Å². The van der Waals surface area contributed by atoms with Crippen LogP contribution in [-0.4, -0.2) is 49.1 Å². The minimum atomic E-state index is -0.0695. The molecule has 0 radical (unpaired) electrons. The van der Waals surface area contributed by atoms with E-state index in [1.807, 2.05) is 68.7 Å². The molecule has 1 heterocycles. The number of benzene rings is 2. The fourth-order valence-corrected chi connectivity index (χ4v) is 2.41. The van der Waals surface area contributed by atoms with Gasteiger partial charge in [-0.2, -0.15) is 0 Å². The van der Waals surface area contributed by atoms with E-state index in [4.69, 9.17) is 4.74 Å². The summed E-state index contributed by atoms with van der Waals surface area (Å²) in [6.07, 6.45) is 0. The zero-order valence-electron chi connectivity index (χ0n) is 13.4. The molecule has 0 bridgehead atoms. The lowest BCUT2D eigenvalue weighted by Crippen LogP contribution is -2.60. The molecule has 120 valence electrons. The molecule has 1 aliphatic rings. The maximum absolute atomic E-state index is 12.2. The monoisotopic (exact) mass is 311 g/mol. The number of nitrogens with zero attached hydrogens (tertiary/aromatic N) is 2. The van der Waals surface area contributed by atoms with Crippen molar-refractivity contribution in [2.75, 3.05) is 32.5 Å². The Hall–Kier alpha value is -2.53. The molecule has 1 aliphatic heterocycles. The molecule has 2 aromatic carbocycles. The van der Waals surface area contributed by atoms with Gasteiger partial charge in [0.15, 0.2) is 0 Å². The van der Waals surface area contributed by atoms with E-state index in [1.54, 1.807) is 4.90 Å².